The number of halogens is 1. The van der Waals surface area contributed by atoms with Crippen LogP contribution in [0, 0.1) is 0 Å². The van der Waals surface area contributed by atoms with E-state index in [0.29, 0.717) is 33.5 Å². The summed E-state index contributed by atoms with van der Waals surface area (Å²) in [7, 11) is 4.60. The van der Waals surface area contributed by atoms with Crippen LogP contribution in [0.15, 0.2) is 36.4 Å². The zero-order valence-electron chi connectivity index (χ0n) is 12.5. The Morgan fingerprint density at radius 2 is 1.50 bits per heavy atom. The smallest absolute Gasteiger partial charge is 0.255 e. The molecule has 1 N–H and O–H groups in total. The van der Waals surface area contributed by atoms with Crippen LogP contribution < -0.4 is 19.5 Å². The van der Waals surface area contributed by atoms with Crippen molar-refractivity contribution in [1.82, 2.24) is 0 Å². The second-order valence-electron chi connectivity index (χ2n) is 4.40. The van der Waals surface area contributed by atoms with Crippen LogP contribution >= 0.6 is 11.6 Å². The van der Waals surface area contributed by atoms with Gasteiger partial charge in [0, 0.05) is 17.7 Å². The fraction of sp³-hybridized carbons (Fsp3) is 0.188. The van der Waals surface area contributed by atoms with Crippen LogP contribution in [0.3, 0.4) is 0 Å². The third-order valence-electron chi connectivity index (χ3n) is 3.04. The van der Waals surface area contributed by atoms with Gasteiger partial charge in [0.05, 0.1) is 32.0 Å². The average Bonchev–Trinajstić information content (AvgIpc) is 2.55. The Bertz CT molecular complexity index is 666. The van der Waals surface area contributed by atoms with E-state index in [1.807, 2.05) is 0 Å². The van der Waals surface area contributed by atoms with Crippen LogP contribution in [0.25, 0.3) is 0 Å². The van der Waals surface area contributed by atoms with Crippen molar-refractivity contribution in [1.29, 1.82) is 0 Å². The second-order valence-corrected chi connectivity index (χ2v) is 4.81. The van der Waals surface area contributed by atoms with Crippen molar-refractivity contribution in [3.8, 4) is 17.2 Å². The molecule has 22 heavy (non-hydrogen) atoms. The standard InChI is InChI=1S/C16H16ClNO4/c1-20-11-4-5-15(14(17)9-11)18-16(19)10-6-12(21-2)8-13(7-10)22-3/h4-9H,1-3H3,(H,18,19). The lowest BCUT2D eigenvalue weighted by atomic mass is 10.1. The van der Waals surface area contributed by atoms with Crippen LogP contribution in [0.5, 0.6) is 17.2 Å². The molecule has 0 radical (unpaired) electrons. The third kappa shape index (κ3) is 3.62. The Labute approximate surface area is 133 Å². The van der Waals surface area contributed by atoms with Crippen LogP contribution in [0.1, 0.15) is 10.4 Å². The van der Waals surface area contributed by atoms with E-state index in [9.17, 15) is 4.79 Å². The Hall–Kier alpha value is -2.40. The number of rotatable bonds is 5. The molecule has 0 unspecified atom stereocenters. The first-order chi connectivity index (χ1) is 10.6. The number of benzene rings is 2. The molecule has 0 aliphatic carbocycles. The molecule has 6 heteroatoms. The lowest BCUT2D eigenvalue weighted by Crippen LogP contribution is -2.12. The molecule has 0 saturated carbocycles. The van der Waals surface area contributed by atoms with Gasteiger partial charge in [-0.25, -0.2) is 0 Å². The number of hydrogen-bond donors (Lipinski definition) is 1. The van der Waals surface area contributed by atoms with Gasteiger partial charge in [-0.05, 0) is 24.3 Å². The van der Waals surface area contributed by atoms with Gasteiger partial charge in [-0.2, -0.15) is 0 Å². The van der Waals surface area contributed by atoms with Crippen molar-refractivity contribution in [2.45, 2.75) is 0 Å². The summed E-state index contributed by atoms with van der Waals surface area (Å²) in [5.74, 6) is 1.37. The molecule has 2 aromatic carbocycles. The number of carbonyl (C=O) groups excluding carboxylic acids is 1. The predicted molar refractivity (Wildman–Crippen MR) is 85.5 cm³/mol. The normalized spacial score (nSPS) is 10.0. The highest BCUT2D eigenvalue weighted by Gasteiger charge is 2.12. The van der Waals surface area contributed by atoms with E-state index < -0.39 is 0 Å². The maximum atomic E-state index is 12.3. The van der Waals surface area contributed by atoms with Crippen molar-refractivity contribution in [2.24, 2.45) is 0 Å². The van der Waals surface area contributed by atoms with E-state index >= 15 is 0 Å². The van der Waals surface area contributed by atoms with Crippen LogP contribution in [-0.4, -0.2) is 27.2 Å². The molecule has 0 aromatic heterocycles. The summed E-state index contributed by atoms with van der Waals surface area (Å²) in [6, 6.07) is 9.95. The lowest BCUT2D eigenvalue weighted by molar-refractivity contribution is 0.102. The minimum atomic E-state index is -0.315. The fourth-order valence-corrected chi connectivity index (χ4v) is 2.07. The highest BCUT2D eigenvalue weighted by atomic mass is 35.5. The molecule has 0 bridgehead atoms. The molecule has 116 valence electrons. The first-order valence-corrected chi connectivity index (χ1v) is 6.83. The number of ether oxygens (including phenoxy) is 3. The molecule has 2 rings (SSSR count). The summed E-state index contributed by atoms with van der Waals surface area (Å²) in [6.45, 7) is 0. The molecule has 0 fully saturated rings. The largest absolute Gasteiger partial charge is 0.497 e. The topological polar surface area (TPSA) is 56.8 Å². The molecule has 0 atom stereocenters. The van der Waals surface area contributed by atoms with Crippen molar-refractivity contribution in [3.05, 3.63) is 47.0 Å². The molecule has 0 saturated heterocycles. The Kier molecular flexibility index (Phi) is 5.12. The number of amides is 1. The van der Waals surface area contributed by atoms with Gasteiger partial charge in [0.1, 0.15) is 17.2 Å². The average molecular weight is 322 g/mol. The van der Waals surface area contributed by atoms with E-state index in [4.69, 9.17) is 25.8 Å². The van der Waals surface area contributed by atoms with Gasteiger partial charge in [-0.3, -0.25) is 4.79 Å². The monoisotopic (exact) mass is 321 g/mol. The third-order valence-corrected chi connectivity index (χ3v) is 3.35. The van der Waals surface area contributed by atoms with Crippen molar-refractivity contribution in [2.75, 3.05) is 26.6 Å². The Morgan fingerprint density at radius 3 is 2.00 bits per heavy atom. The summed E-state index contributed by atoms with van der Waals surface area (Å²) in [4.78, 5) is 12.3. The second kappa shape index (κ2) is 7.04. The molecule has 1 amide bonds. The molecule has 5 nitrogen and oxygen atoms in total. The Morgan fingerprint density at radius 1 is 0.909 bits per heavy atom. The molecular weight excluding hydrogens is 306 g/mol. The van der Waals surface area contributed by atoms with Crippen LogP contribution in [0.2, 0.25) is 5.02 Å². The van der Waals surface area contributed by atoms with Gasteiger partial charge in [-0.15, -0.1) is 0 Å². The first-order valence-electron chi connectivity index (χ1n) is 6.45. The Balaban J connectivity index is 2.25. The van der Waals surface area contributed by atoms with Crippen molar-refractivity contribution < 1.29 is 19.0 Å². The van der Waals surface area contributed by atoms with Gasteiger partial charge in [0.15, 0.2) is 0 Å². The zero-order chi connectivity index (χ0) is 16.1. The van der Waals surface area contributed by atoms with Gasteiger partial charge < -0.3 is 19.5 Å². The number of methoxy groups -OCH3 is 3. The maximum Gasteiger partial charge on any atom is 0.255 e. The summed E-state index contributed by atoms with van der Waals surface area (Å²) >= 11 is 6.11. The zero-order valence-corrected chi connectivity index (χ0v) is 13.2. The lowest BCUT2D eigenvalue weighted by Gasteiger charge is -2.11. The SMILES string of the molecule is COc1cc(OC)cc(C(=O)Nc2ccc(OC)cc2Cl)c1. The van der Waals surface area contributed by atoms with E-state index in [0.717, 1.165) is 0 Å². The quantitative estimate of drug-likeness (QED) is 0.914. The van der Waals surface area contributed by atoms with Crippen molar-refractivity contribution in [3.63, 3.8) is 0 Å². The number of anilines is 1. The van der Waals surface area contributed by atoms with Crippen molar-refractivity contribution >= 4 is 23.2 Å². The molecule has 0 spiro atoms. The molecule has 2 aromatic rings. The molecule has 0 aliphatic rings. The summed E-state index contributed by atoms with van der Waals surface area (Å²) in [5, 5.41) is 3.13. The summed E-state index contributed by atoms with van der Waals surface area (Å²) in [6.07, 6.45) is 0. The van der Waals surface area contributed by atoms with E-state index in [1.54, 1.807) is 43.5 Å². The van der Waals surface area contributed by atoms with Crippen LogP contribution in [-0.2, 0) is 0 Å². The first kappa shape index (κ1) is 16.0. The number of nitrogens with one attached hydrogen (secondary N) is 1. The van der Waals surface area contributed by atoms with Gasteiger partial charge in [0.25, 0.3) is 5.91 Å². The van der Waals surface area contributed by atoms with Gasteiger partial charge in [-0.1, -0.05) is 11.6 Å². The minimum absolute atomic E-state index is 0.315. The predicted octanol–water partition coefficient (Wildman–Crippen LogP) is 3.62. The number of hydrogen-bond acceptors (Lipinski definition) is 4. The minimum Gasteiger partial charge on any atom is -0.497 e. The fourth-order valence-electron chi connectivity index (χ4n) is 1.86. The maximum absolute atomic E-state index is 12.3. The molecule has 0 aliphatic heterocycles. The molecular formula is C16H16ClNO4. The summed E-state index contributed by atoms with van der Waals surface area (Å²) < 4.78 is 15.4. The summed E-state index contributed by atoms with van der Waals surface area (Å²) in [5.41, 5.74) is 0.900. The van der Waals surface area contributed by atoms with Crippen LogP contribution in [0.4, 0.5) is 5.69 Å². The highest BCUT2D eigenvalue weighted by molar-refractivity contribution is 6.34. The van der Waals surface area contributed by atoms with E-state index in [2.05, 4.69) is 5.32 Å². The van der Waals surface area contributed by atoms with Gasteiger partial charge in [0.2, 0.25) is 0 Å². The number of carbonyl (C=O) groups is 1. The van der Waals surface area contributed by atoms with Gasteiger partial charge >= 0.3 is 0 Å². The van der Waals surface area contributed by atoms with E-state index in [-0.39, 0.29) is 5.91 Å². The molecule has 0 heterocycles. The highest BCUT2D eigenvalue weighted by Crippen LogP contribution is 2.28. The van der Waals surface area contributed by atoms with E-state index in [1.165, 1.54) is 14.2 Å².